The lowest BCUT2D eigenvalue weighted by molar-refractivity contribution is 0.0549. The van der Waals surface area contributed by atoms with E-state index in [2.05, 4.69) is 4.90 Å². The summed E-state index contributed by atoms with van der Waals surface area (Å²) in [7, 11) is 4.20. The summed E-state index contributed by atoms with van der Waals surface area (Å²) in [6, 6.07) is 14.9. The van der Waals surface area contributed by atoms with Crippen LogP contribution in [-0.2, 0) is 16.0 Å². The van der Waals surface area contributed by atoms with Gasteiger partial charge in [-0.05, 0) is 61.8 Å². The second kappa shape index (κ2) is 11.2. The third-order valence-corrected chi connectivity index (χ3v) is 6.31. The number of carbonyl (C=O) groups is 2. The fourth-order valence-electron chi connectivity index (χ4n) is 4.54. The minimum Gasteiger partial charge on any atom is -0.497 e. The van der Waals surface area contributed by atoms with Crippen LogP contribution in [-0.4, -0.2) is 61.0 Å². The van der Waals surface area contributed by atoms with Crippen molar-refractivity contribution in [3.63, 3.8) is 0 Å². The van der Waals surface area contributed by atoms with Crippen LogP contribution in [0.4, 0.5) is 0 Å². The molecule has 3 aromatic rings. The molecule has 1 fully saturated rings. The fourth-order valence-corrected chi connectivity index (χ4v) is 4.54. The summed E-state index contributed by atoms with van der Waals surface area (Å²) < 4.78 is 17.1. The highest BCUT2D eigenvalue weighted by Crippen LogP contribution is 2.34. The Morgan fingerprint density at radius 1 is 0.886 bits per heavy atom. The van der Waals surface area contributed by atoms with Crippen LogP contribution in [0.5, 0.6) is 5.75 Å². The molecule has 0 aliphatic carbocycles. The number of methoxy groups -OCH3 is 3. The van der Waals surface area contributed by atoms with Crippen molar-refractivity contribution in [3.05, 3.63) is 65.4 Å². The highest BCUT2D eigenvalue weighted by atomic mass is 16.5. The van der Waals surface area contributed by atoms with Gasteiger partial charge in [-0.1, -0.05) is 31.0 Å². The zero-order chi connectivity index (χ0) is 24.8. The molecule has 8 nitrogen and oxygen atoms in total. The smallest absolute Gasteiger partial charge is 0.357 e. The average Bonchev–Trinajstić information content (AvgIpc) is 3.11. The molecular formula is C27H31N3O5. The molecule has 1 aliphatic rings. The molecule has 4 rings (SSSR count). The number of hydrogen-bond acceptors (Lipinski definition) is 7. The van der Waals surface area contributed by atoms with Gasteiger partial charge in [0.15, 0.2) is 5.69 Å². The Morgan fingerprint density at radius 3 is 2.20 bits per heavy atom. The second-order valence-electron chi connectivity index (χ2n) is 8.52. The Hall–Kier alpha value is -3.65. The van der Waals surface area contributed by atoms with E-state index in [9.17, 15) is 9.59 Å². The van der Waals surface area contributed by atoms with Gasteiger partial charge < -0.3 is 14.2 Å². The molecule has 0 radical (unpaired) electrons. The summed E-state index contributed by atoms with van der Waals surface area (Å²) in [5, 5.41) is 4.77. The molecule has 0 amide bonds. The van der Waals surface area contributed by atoms with E-state index in [1.165, 1.54) is 31.7 Å². The molecule has 1 aliphatic heterocycles. The van der Waals surface area contributed by atoms with Crippen molar-refractivity contribution < 1.29 is 23.8 Å². The van der Waals surface area contributed by atoms with Crippen LogP contribution < -0.4 is 4.74 Å². The number of para-hydroxylation sites is 1. The first-order valence-corrected chi connectivity index (χ1v) is 11.8. The van der Waals surface area contributed by atoms with Gasteiger partial charge >= 0.3 is 11.9 Å². The van der Waals surface area contributed by atoms with E-state index in [0.29, 0.717) is 23.7 Å². The van der Waals surface area contributed by atoms with Crippen molar-refractivity contribution in [2.24, 2.45) is 0 Å². The predicted molar refractivity (Wildman–Crippen MR) is 132 cm³/mol. The fraction of sp³-hybridized carbons (Fsp3) is 0.370. The quantitative estimate of drug-likeness (QED) is 0.464. The van der Waals surface area contributed by atoms with Gasteiger partial charge in [0.1, 0.15) is 17.0 Å². The standard InChI is InChI=1S/C27H31N3O5/c1-33-21-13-14-22(19(17-21)18-29-15-9-4-5-10-16-29)24-23(26(31)34-2)25(27(32)35-3)30(28-24)20-11-7-6-8-12-20/h6-8,11-14,17H,4-5,9-10,15-16,18H2,1-3H3. The first-order valence-electron chi connectivity index (χ1n) is 11.8. The molecule has 0 unspecified atom stereocenters. The monoisotopic (exact) mass is 477 g/mol. The van der Waals surface area contributed by atoms with Gasteiger partial charge in [0.2, 0.25) is 0 Å². The lowest BCUT2D eigenvalue weighted by atomic mass is 9.99. The van der Waals surface area contributed by atoms with Gasteiger partial charge in [-0.25, -0.2) is 14.3 Å². The Labute approximate surface area is 205 Å². The van der Waals surface area contributed by atoms with E-state index in [0.717, 1.165) is 37.1 Å². The molecule has 184 valence electrons. The number of hydrogen-bond donors (Lipinski definition) is 0. The number of rotatable bonds is 7. The number of likely N-dealkylation sites (tertiary alicyclic amines) is 1. The summed E-state index contributed by atoms with van der Waals surface area (Å²) in [4.78, 5) is 28.4. The van der Waals surface area contributed by atoms with Crippen molar-refractivity contribution in [1.82, 2.24) is 14.7 Å². The molecule has 1 saturated heterocycles. The van der Waals surface area contributed by atoms with Crippen LogP contribution in [0, 0.1) is 0 Å². The summed E-state index contributed by atoms with van der Waals surface area (Å²) in [6.45, 7) is 2.69. The minimum absolute atomic E-state index is 0.0251. The number of aromatic nitrogens is 2. The normalized spacial score (nSPS) is 14.3. The molecule has 35 heavy (non-hydrogen) atoms. The Balaban J connectivity index is 1.92. The summed E-state index contributed by atoms with van der Waals surface area (Å²) >= 11 is 0. The zero-order valence-corrected chi connectivity index (χ0v) is 20.5. The lowest BCUT2D eigenvalue weighted by Gasteiger charge is -2.22. The third kappa shape index (κ3) is 5.22. The predicted octanol–water partition coefficient (Wildman–Crippen LogP) is 4.50. The molecule has 8 heteroatoms. The van der Waals surface area contributed by atoms with Crippen molar-refractivity contribution in [2.45, 2.75) is 32.2 Å². The van der Waals surface area contributed by atoms with E-state index >= 15 is 0 Å². The Kier molecular flexibility index (Phi) is 7.82. The highest BCUT2D eigenvalue weighted by molar-refractivity contribution is 6.07. The van der Waals surface area contributed by atoms with Gasteiger partial charge in [0.05, 0.1) is 27.0 Å². The molecule has 0 bridgehead atoms. The summed E-state index contributed by atoms with van der Waals surface area (Å²) in [6.07, 6.45) is 4.78. The van der Waals surface area contributed by atoms with Crippen LogP contribution in [0.1, 0.15) is 52.1 Å². The Morgan fingerprint density at radius 2 is 1.57 bits per heavy atom. The first kappa shape index (κ1) is 24.5. The van der Waals surface area contributed by atoms with Crippen molar-refractivity contribution in [3.8, 4) is 22.7 Å². The molecule has 0 atom stereocenters. The SMILES string of the molecule is COC(=O)c1c(-c2ccc(OC)cc2CN2CCCCCC2)nn(-c2ccccc2)c1C(=O)OC. The van der Waals surface area contributed by atoms with E-state index in [1.807, 2.05) is 48.5 Å². The van der Waals surface area contributed by atoms with Crippen LogP contribution in [0.15, 0.2) is 48.5 Å². The molecule has 2 aromatic carbocycles. The maximum absolute atomic E-state index is 13.0. The van der Waals surface area contributed by atoms with Crippen LogP contribution in [0.25, 0.3) is 16.9 Å². The number of ether oxygens (including phenoxy) is 3. The minimum atomic E-state index is -0.671. The van der Waals surface area contributed by atoms with Gasteiger partial charge in [-0.15, -0.1) is 0 Å². The molecule has 0 saturated carbocycles. The maximum Gasteiger partial charge on any atom is 0.357 e. The van der Waals surface area contributed by atoms with E-state index in [4.69, 9.17) is 19.3 Å². The molecule has 1 aromatic heterocycles. The zero-order valence-electron chi connectivity index (χ0n) is 20.5. The van der Waals surface area contributed by atoms with Gasteiger partial charge in [-0.3, -0.25) is 4.90 Å². The van der Waals surface area contributed by atoms with Gasteiger partial charge in [-0.2, -0.15) is 5.10 Å². The summed E-state index contributed by atoms with van der Waals surface area (Å²) in [5.74, 6) is -0.608. The van der Waals surface area contributed by atoms with E-state index in [1.54, 1.807) is 7.11 Å². The largest absolute Gasteiger partial charge is 0.497 e. The van der Waals surface area contributed by atoms with E-state index < -0.39 is 11.9 Å². The first-order chi connectivity index (χ1) is 17.1. The number of esters is 2. The van der Waals surface area contributed by atoms with Crippen LogP contribution in [0.2, 0.25) is 0 Å². The highest BCUT2D eigenvalue weighted by Gasteiger charge is 2.32. The molecule has 0 N–H and O–H groups in total. The summed E-state index contributed by atoms with van der Waals surface area (Å²) in [5.41, 5.74) is 2.81. The number of carbonyl (C=O) groups excluding carboxylic acids is 2. The topological polar surface area (TPSA) is 82.9 Å². The number of benzene rings is 2. The lowest BCUT2D eigenvalue weighted by Crippen LogP contribution is -2.24. The van der Waals surface area contributed by atoms with Gasteiger partial charge in [0, 0.05) is 12.1 Å². The van der Waals surface area contributed by atoms with Crippen molar-refractivity contribution in [2.75, 3.05) is 34.4 Å². The molecule has 0 spiro atoms. The Bertz CT molecular complexity index is 1180. The third-order valence-electron chi connectivity index (χ3n) is 6.31. The van der Waals surface area contributed by atoms with Crippen LogP contribution >= 0.6 is 0 Å². The van der Waals surface area contributed by atoms with Crippen LogP contribution in [0.3, 0.4) is 0 Å². The van der Waals surface area contributed by atoms with Crippen molar-refractivity contribution in [1.29, 1.82) is 0 Å². The molecule has 2 heterocycles. The second-order valence-corrected chi connectivity index (χ2v) is 8.52. The average molecular weight is 478 g/mol. The van der Waals surface area contributed by atoms with E-state index in [-0.39, 0.29) is 11.3 Å². The maximum atomic E-state index is 13.0. The molecular weight excluding hydrogens is 446 g/mol. The number of nitrogens with zero attached hydrogens (tertiary/aromatic N) is 3. The van der Waals surface area contributed by atoms with Crippen molar-refractivity contribution >= 4 is 11.9 Å². The van der Waals surface area contributed by atoms with Gasteiger partial charge in [0.25, 0.3) is 0 Å².